The van der Waals surface area contributed by atoms with Gasteiger partial charge < -0.3 is 0 Å². The van der Waals surface area contributed by atoms with Crippen molar-refractivity contribution in [2.24, 2.45) is 0 Å². The van der Waals surface area contributed by atoms with E-state index >= 15 is 0 Å². The van der Waals surface area contributed by atoms with Gasteiger partial charge in [-0.15, -0.1) is 0 Å². The Balaban J connectivity index is 4.35. The van der Waals surface area contributed by atoms with Crippen molar-refractivity contribution in [2.45, 2.75) is 6.92 Å². The molecule has 58 valence electrons. The fraction of sp³-hybridized carbons (Fsp3) is 0.0909. The minimum Gasteiger partial charge on any atom is -0.0991 e. The van der Waals surface area contributed by atoms with E-state index < -0.39 is 0 Å². The molecule has 0 nitrogen and oxygen atoms in total. The van der Waals surface area contributed by atoms with E-state index in [1.54, 1.807) is 12.2 Å². The molecule has 0 aliphatic carbocycles. The zero-order valence-corrected chi connectivity index (χ0v) is 7.01. The van der Waals surface area contributed by atoms with Crippen molar-refractivity contribution in [1.29, 1.82) is 0 Å². The third kappa shape index (κ3) is 3.41. The van der Waals surface area contributed by atoms with Crippen LogP contribution in [0.2, 0.25) is 0 Å². The van der Waals surface area contributed by atoms with E-state index in [2.05, 4.69) is 19.7 Å². The Morgan fingerprint density at radius 1 is 1.27 bits per heavy atom. The van der Waals surface area contributed by atoms with E-state index in [9.17, 15) is 0 Å². The maximum absolute atomic E-state index is 3.86. The highest BCUT2D eigenvalue weighted by molar-refractivity contribution is 5.43. The maximum Gasteiger partial charge on any atom is -0.0239 e. The predicted octanol–water partition coefficient (Wildman–Crippen LogP) is 3.42. The summed E-state index contributed by atoms with van der Waals surface area (Å²) in [5.41, 5.74) is 2.02. The van der Waals surface area contributed by atoms with Crippen LogP contribution in [0.25, 0.3) is 0 Å². The molecule has 0 fully saturated rings. The van der Waals surface area contributed by atoms with Crippen molar-refractivity contribution < 1.29 is 0 Å². The Bertz CT molecular complexity index is 214. The van der Waals surface area contributed by atoms with Crippen LogP contribution in [0, 0.1) is 0 Å². The highest BCUT2D eigenvalue weighted by Gasteiger charge is 1.89. The van der Waals surface area contributed by atoms with Crippen molar-refractivity contribution >= 4 is 0 Å². The summed E-state index contributed by atoms with van der Waals surface area (Å²) in [5.74, 6) is 0. The van der Waals surface area contributed by atoms with Gasteiger partial charge in [0.2, 0.25) is 0 Å². The van der Waals surface area contributed by atoms with Crippen LogP contribution in [0.3, 0.4) is 0 Å². The molecule has 0 heteroatoms. The number of rotatable bonds is 4. The smallest absolute Gasteiger partial charge is 0.0239 e. The number of allylic oxidation sites excluding steroid dienone is 7. The predicted molar refractivity (Wildman–Crippen MR) is 52.4 cm³/mol. The number of hydrogen-bond donors (Lipinski definition) is 0. The van der Waals surface area contributed by atoms with Gasteiger partial charge in [0.15, 0.2) is 0 Å². The van der Waals surface area contributed by atoms with Gasteiger partial charge in [-0.3, -0.25) is 0 Å². The Morgan fingerprint density at radius 3 is 2.27 bits per heavy atom. The molecule has 0 spiro atoms. The summed E-state index contributed by atoms with van der Waals surface area (Å²) in [6.07, 6.45) is 9.25. The maximum atomic E-state index is 3.86. The summed E-state index contributed by atoms with van der Waals surface area (Å²) in [7, 11) is 0. The lowest BCUT2D eigenvalue weighted by Gasteiger charge is -1.97. The zero-order valence-electron chi connectivity index (χ0n) is 7.01. The van der Waals surface area contributed by atoms with Gasteiger partial charge in [0.05, 0.1) is 0 Å². The summed E-state index contributed by atoms with van der Waals surface area (Å²) < 4.78 is 0. The van der Waals surface area contributed by atoms with E-state index in [-0.39, 0.29) is 0 Å². The molecule has 0 saturated heterocycles. The molecule has 0 bridgehead atoms. The van der Waals surface area contributed by atoms with Crippen LogP contribution in [0.4, 0.5) is 0 Å². The summed E-state index contributed by atoms with van der Waals surface area (Å²) in [6, 6.07) is 0. The van der Waals surface area contributed by atoms with Gasteiger partial charge in [0, 0.05) is 0 Å². The topological polar surface area (TPSA) is 0 Å². The molecule has 0 aromatic rings. The third-order valence-electron chi connectivity index (χ3n) is 1.34. The van der Waals surface area contributed by atoms with Gasteiger partial charge in [0.25, 0.3) is 0 Å². The molecule has 0 heterocycles. The average molecular weight is 146 g/mol. The molecule has 0 radical (unpaired) electrons. The van der Waals surface area contributed by atoms with Crippen molar-refractivity contribution in [3.63, 3.8) is 0 Å². The van der Waals surface area contributed by atoms with Crippen molar-refractivity contribution in [3.8, 4) is 0 Å². The number of hydrogen-bond acceptors (Lipinski definition) is 0. The molecule has 0 aliphatic heterocycles. The largest absolute Gasteiger partial charge is 0.0991 e. The molecule has 0 N–H and O–H groups in total. The van der Waals surface area contributed by atoms with Gasteiger partial charge in [-0.1, -0.05) is 50.1 Å². The van der Waals surface area contributed by atoms with E-state index in [0.717, 1.165) is 11.1 Å². The first-order chi connectivity index (χ1) is 5.26. The van der Waals surface area contributed by atoms with Crippen molar-refractivity contribution in [2.75, 3.05) is 0 Å². The quantitative estimate of drug-likeness (QED) is 0.533. The lowest BCUT2D eigenvalue weighted by Crippen LogP contribution is -1.77. The third-order valence-corrected chi connectivity index (χ3v) is 1.34. The van der Waals surface area contributed by atoms with Crippen LogP contribution < -0.4 is 0 Å². The van der Waals surface area contributed by atoms with Gasteiger partial charge in [-0.2, -0.15) is 0 Å². The first-order valence-electron chi connectivity index (χ1n) is 3.53. The van der Waals surface area contributed by atoms with E-state index in [0.29, 0.717) is 0 Å². The minimum absolute atomic E-state index is 0.961. The second kappa shape index (κ2) is 5.48. The molecule has 0 aromatic carbocycles. The zero-order chi connectivity index (χ0) is 8.69. The van der Waals surface area contributed by atoms with Crippen molar-refractivity contribution in [1.82, 2.24) is 0 Å². The van der Waals surface area contributed by atoms with Crippen LogP contribution in [0.1, 0.15) is 6.92 Å². The highest BCUT2D eigenvalue weighted by Crippen LogP contribution is 2.09. The lowest BCUT2D eigenvalue weighted by molar-refractivity contribution is 1.53. The molecular formula is C11H14. The van der Waals surface area contributed by atoms with E-state index in [1.807, 2.05) is 25.2 Å². The summed E-state index contributed by atoms with van der Waals surface area (Å²) in [6.45, 7) is 13.1. The highest BCUT2D eigenvalue weighted by atomic mass is 13.9. The van der Waals surface area contributed by atoms with Gasteiger partial charge in [-0.25, -0.2) is 0 Å². The second-order valence-corrected chi connectivity index (χ2v) is 2.07. The normalized spacial score (nSPS) is 11.5. The first-order valence-corrected chi connectivity index (χ1v) is 3.53. The monoisotopic (exact) mass is 146 g/mol. The summed E-state index contributed by atoms with van der Waals surface area (Å²) >= 11 is 0. The van der Waals surface area contributed by atoms with Crippen LogP contribution in [0.15, 0.2) is 61.3 Å². The minimum atomic E-state index is 0.961. The Morgan fingerprint density at radius 2 is 1.91 bits per heavy atom. The molecule has 0 unspecified atom stereocenters. The molecule has 0 atom stereocenters. The van der Waals surface area contributed by atoms with Gasteiger partial charge in [-0.05, 0) is 18.1 Å². The fourth-order valence-electron chi connectivity index (χ4n) is 0.715. The molecule has 11 heavy (non-hydrogen) atoms. The second-order valence-electron chi connectivity index (χ2n) is 2.07. The SMILES string of the molecule is C=C/C=C\C(=C)/C(C=C)=C/C. The molecule has 0 amide bonds. The molecule has 0 rings (SSSR count). The summed E-state index contributed by atoms with van der Waals surface area (Å²) in [4.78, 5) is 0. The van der Waals surface area contributed by atoms with E-state index in [1.165, 1.54) is 0 Å². The average Bonchev–Trinajstić information content (AvgIpc) is 2.03. The Hall–Kier alpha value is -1.30. The Kier molecular flexibility index (Phi) is 4.83. The molecule has 0 saturated carbocycles. The standard InChI is InChI=1S/C11H14/c1-5-8-9-10(4)11(6-2)7-3/h5-9H,1-2,4H2,3H3/b9-8-,11-7+. The summed E-state index contributed by atoms with van der Waals surface area (Å²) in [5, 5.41) is 0. The van der Waals surface area contributed by atoms with Crippen molar-refractivity contribution in [3.05, 3.63) is 61.3 Å². The molecular weight excluding hydrogens is 132 g/mol. The van der Waals surface area contributed by atoms with Gasteiger partial charge >= 0.3 is 0 Å². The van der Waals surface area contributed by atoms with Crippen LogP contribution in [-0.4, -0.2) is 0 Å². The lowest BCUT2D eigenvalue weighted by atomic mass is 10.1. The molecule has 0 aromatic heterocycles. The van der Waals surface area contributed by atoms with Crippen LogP contribution in [-0.2, 0) is 0 Å². The fourth-order valence-corrected chi connectivity index (χ4v) is 0.715. The Labute approximate surface area is 68.9 Å². The first kappa shape index (κ1) is 9.70. The molecule has 0 aliphatic rings. The van der Waals surface area contributed by atoms with Gasteiger partial charge in [0.1, 0.15) is 0 Å². The van der Waals surface area contributed by atoms with E-state index in [4.69, 9.17) is 0 Å². The van der Waals surface area contributed by atoms with Crippen LogP contribution in [0.5, 0.6) is 0 Å². The van der Waals surface area contributed by atoms with Crippen LogP contribution >= 0.6 is 0 Å².